The third kappa shape index (κ3) is 4.28. The first-order valence-corrected chi connectivity index (χ1v) is 9.91. The van der Waals surface area contributed by atoms with Gasteiger partial charge in [-0.05, 0) is 18.6 Å². The van der Waals surface area contributed by atoms with Crippen molar-refractivity contribution in [2.24, 2.45) is 0 Å². The maximum Gasteiger partial charge on any atom is 0.257 e. The van der Waals surface area contributed by atoms with Crippen molar-refractivity contribution in [2.45, 2.75) is 18.2 Å². The van der Waals surface area contributed by atoms with E-state index in [2.05, 4.69) is 5.32 Å². The molecule has 0 bridgehead atoms. The van der Waals surface area contributed by atoms with Gasteiger partial charge in [-0.1, -0.05) is 30.7 Å². The van der Waals surface area contributed by atoms with Crippen molar-refractivity contribution >= 4 is 33.0 Å². The maximum absolute atomic E-state index is 12.7. The summed E-state index contributed by atoms with van der Waals surface area (Å²) in [6.45, 7) is 1.77. The summed E-state index contributed by atoms with van der Waals surface area (Å²) in [5.41, 5.74) is 0.387. The van der Waals surface area contributed by atoms with Crippen LogP contribution in [0.4, 0.5) is 5.69 Å². The number of sulfone groups is 1. The normalized spacial score (nSPS) is 11.1. The Balaban J connectivity index is 2.44. The largest absolute Gasteiger partial charge is 0.495 e. The fourth-order valence-corrected chi connectivity index (χ4v) is 4.22. The van der Waals surface area contributed by atoms with E-state index in [1.165, 1.54) is 38.5 Å². The molecule has 0 aromatic heterocycles. The molecule has 1 amide bonds. The molecule has 2 aromatic carbocycles. The highest BCUT2D eigenvalue weighted by Gasteiger charge is 2.22. The lowest BCUT2D eigenvalue weighted by atomic mass is 10.2. The third-order valence-corrected chi connectivity index (χ3v) is 5.93. The molecule has 0 aliphatic carbocycles. The second kappa shape index (κ2) is 8.42. The Kier molecular flexibility index (Phi) is 6.50. The van der Waals surface area contributed by atoms with E-state index >= 15 is 0 Å². The average molecular weight is 398 g/mol. The van der Waals surface area contributed by atoms with Crippen molar-refractivity contribution in [1.82, 2.24) is 0 Å². The van der Waals surface area contributed by atoms with Gasteiger partial charge in [0.25, 0.3) is 5.91 Å². The average Bonchev–Trinajstić information content (AvgIpc) is 2.62. The first-order valence-electron chi connectivity index (χ1n) is 7.88. The third-order valence-electron chi connectivity index (χ3n) is 3.66. The second-order valence-corrected chi connectivity index (χ2v) is 7.94. The van der Waals surface area contributed by atoms with Crippen LogP contribution in [0.25, 0.3) is 0 Å². The molecule has 0 aliphatic heterocycles. The van der Waals surface area contributed by atoms with Crippen LogP contribution < -0.4 is 14.8 Å². The molecule has 0 saturated carbocycles. The number of carbonyl (C=O) groups excluding carboxylic acids is 1. The topological polar surface area (TPSA) is 81.7 Å². The number of hydrogen-bond donors (Lipinski definition) is 1. The van der Waals surface area contributed by atoms with Crippen molar-refractivity contribution in [3.05, 3.63) is 47.0 Å². The number of benzene rings is 2. The number of rotatable bonds is 7. The summed E-state index contributed by atoms with van der Waals surface area (Å²) in [6.07, 6.45) is 0.459. The lowest BCUT2D eigenvalue weighted by Gasteiger charge is -2.14. The smallest absolute Gasteiger partial charge is 0.257 e. The van der Waals surface area contributed by atoms with Crippen molar-refractivity contribution in [3.8, 4) is 11.5 Å². The number of methoxy groups -OCH3 is 2. The molecule has 0 aliphatic rings. The van der Waals surface area contributed by atoms with Gasteiger partial charge in [-0.3, -0.25) is 4.79 Å². The van der Waals surface area contributed by atoms with E-state index in [4.69, 9.17) is 21.1 Å². The van der Waals surface area contributed by atoms with Crippen LogP contribution in [0, 0.1) is 0 Å². The molecule has 0 fully saturated rings. The van der Waals surface area contributed by atoms with Crippen molar-refractivity contribution in [2.75, 3.05) is 25.3 Å². The van der Waals surface area contributed by atoms with Gasteiger partial charge in [0.2, 0.25) is 0 Å². The zero-order chi connectivity index (χ0) is 19.3. The lowest BCUT2D eigenvalue weighted by Crippen LogP contribution is -2.18. The van der Waals surface area contributed by atoms with E-state index in [9.17, 15) is 13.2 Å². The first kappa shape index (κ1) is 20.1. The van der Waals surface area contributed by atoms with Crippen LogP contribution in [-0.4, -0.2) is 34.3 Å². The molecule has 2 rings (SSSR count). The summed E-state index contributed by atoms with van der Waals surface area (Å²) in [4.78, 5) is 12.7. The Morgan fingerprint density at radius 2 is 1.77 bits per heavy atom. The van der Waals surface area contributed by atoms with E-state index < -0.39 is 15.7 Å². The summed E-state index contributed by atoms with van der Waals surface area (Å²) in [5.74, 6) is 0.0886. The molecule has 2 aromatic rings. The van der Waals surface area contributed by atoms with Gasteiger partial charge < -0.3 is 14.8 Å². The van der Waals surface area contributed by atoms with Gasteiger partial charge in [0, 0.05) is 12.1 Å². The van der Waals surface area contributed by atoms with Crippen molar-refractivity contribution in [3.63, 3.8) is 0 Å². The SMILES string of the molecule is CCCS(=O)(=O)c1ccccc1C(=O)Nc1cc(OC)c(Cl)cc1OC. The van der Waals surface area contributed by atoms with E-state index in [-0.39, 0.29) is 16.2 Å². The molecule has 1 N–H and O–H groups in total. The van der Waals surface area contributed by atoms with Gasteiger partial charge in [0.15, 0.2) is 9.84 Å². The van der Waals surface area contributed by atoms with Crippen LogP contribution in [0.1, 0.15) is 23.7 Å². The summed E-state index contributed by atoms with van der Waals surface area (Å²) < 4.78 is 35.2. The van der Waals surface area contributed by atoms with Gasteiger partial charge in [-0.25, -0.2) is 8.42 Å². The van der Waals surface area contributed by atoms with Crippen LogP contribution in [-0.2, 0) is 9.84 Å². The Hall–Kier alpha value is -2.25. The van der Waals surface area contributed by atoms with Gasteiger partial charge in [-0.15, -0.1) is 0 Å². The Morgan fingerprint density at radius 3 is 2.38 bits per heavy atom. The first-order chi connectivity index (χ1) is 12.3. The molecule has 0 atom stereocenters. The Labute approximate surface area is 158 Å². The molecule has 26 heavy (non-hydrogen) atoms. The quantitative estimate of drug-likeness (QED) is 0.768. The predicted molar refractivity (Wildman–Crippen MR) is 101 cm³/mol. The number of amides is 1. The zero-order valence-corrected chi connectivity index (χ0v) is 16.3. The highest BCUT2D eigenvalue weighted by atomic mass is 35.5. The fraction of sp³-hybridized carbons (Fsp3) is 0.278. The standard InChI is InChI=1S/C18H20ClNO5S/c1-4-9-26(22,23)17-8-6-5-7-12(17)18(21)20-14-11-15(24-2)13(19)10-16(14)25-3/h5-8,10-11H,4,9H2,1-3H3,(H,20,21). The summed E-state index contributed by atoms with van der Waals surface area (Å²) >= 11 is 6.06. The number of anilines is 1. The fourth-order valence-electron chi connectivity index (χ4n) is 2.45. The molecule has 140 valence electrons. The molecule has 0 heterocycles. The Bertz CT molecular complexity index is 912. The van der Waals surface area contributed by atoms with Crippen LogP contribution in [0.3, 0.4) is 0 Å². The predicted octanol–water partition coefficient (Wildman–Crippen LogP) is 3.79. The van der Waals surface area contributed by atoms with Crippen LogP contribution in [0.2, 0.25) is 5.02 Å². The molecular weight excluding hydrogens is 378 g/mol. The molecular formula is C18H20ClNO5S. The molecule has 0 saturated heterocycles. The minimum atomic E-state index is -3.55. The minimum absolute atomic E-state index is 0.000699. The number of halogens is 1. The van der Waals surface area contributed by atoms with Gasteiger partial charge in [0.05, 0.1) is 41.1 Å². The monoisotopic (exact) mass is 397 g/mol. The van der Waals surface area contributed by atoms with E-state index in [1.807, 2.05) is 0 Å². The van der Waals surface area contributed by atoms with Crippen LogP contribution >= 0.6 is 11.6 Å². The maximum atomic E-state index is 12.7. The van der Waals surface area contributed by atoms with Crippen molar-refractivity contribution in [1.29, 1.82) is 0 Å². The number of ether oxygens (including phenoxy) is 2. The summed E-state index contributed by atoms with van der Waals surface area (Å²) in [5, 5.41) is 2.99. The van der Waals surface area contributed by atoms with Gasteiger partial charge in [0.1, 0.15) is 11.5 Å². The number of nitrogens with one attached hydrogen (secondary N) is 1. The number of hydrogen-bond acceptors (Lipinski definition) is 5. The molecule has 6 nitrogen and oxygen atoms in total. The zero-order valence-electron chi connectivity index (χ0n) is 14.7. The van der Waals surface area contributed by atoms with Crippen molar-refractivity contribution < 1.29 is 22.7 Å². The lowest BCUT2D eigenvalue weighted by molar-refractivity contribution is 0.102. The van der Waals surface area contributed by atoms with E-state index in [1.54, 1.807) is 19.1 Å². The summed E-state index contributed by atoms with van der Waals surface area (Å²) in [6, 6.07) is 9.12. The summed E-state index contributed by atoms with van der Waals surface area (Å²) in [7, 11) is -0.663. The molecule has 8 heteroatoms. The Morgan fingerprint density at radius 1 is 1.12 bits per heavy atom. The molecule has 0 radical (unpaired) electrons. The molecule has 0 spiro atoms. The van der Waals surface area contributed by atoms with Crippen LogP contribution in [0.5, 0.6) is 11.5 Å². The van der Waals surface area contributed by atoms with Gasteiger partial charge >= 0.3 is 0 Å². The minimum Gasteiger partial charge on any atom is -0.495 e. The highest BCUT2D eigenvalue weighted by molar-refractivity contribution is 7.91. The van der Waals surface area contributed by atoms with Gasteiger partial charge in [-0.2, -0.15) is 0 Å². The number of carbonyl (C=O) groups is 1. The molecule has 0 unspecified atom stereocenters. The van der Waals surface area contributed by atoms with E-state index in [0.29, 0.717) is 28.6 Å². The second-order valence-electron chi connectivity index (χ2n) is 5.46. The highest BCUT2D eigenvalue weighted by Crippen LogP contribution is 2.36. The van der Waals surface area contributed by atoms with E-state index in [0.717, 1.165) is 0 Å². The van der Waals surface area contributed by atoms with Crippen LogP contribution in [0.15, 0.2) is 41.3 Å².